The van der Waals surface area contributed by atoms with Crippen LogP contribution in [0.1, 0.15) is 42.4 Å². The van der Waals surface area contributed by atoms with Crippen LogP contribution in [0.15, 0.2) is 0 Å². The zero-order chi connectivity index (χ0) is 12.3. The maximum atomic E-state index is 9.72. The molecular formula is C12H22N2OS. The Kier molecular flexibility index (Phi) is 4.89. The molecule has 0 aromatic carbocycles. The van der Waals surface area contributed by atoms with E-state index in [1.54, 1.807) is 11.3 Å². The van der Waals surface area contributed by atoms with Crippen molar-refractivity contribution in [2.75, 3.05) is 6.54 Å². The average Bonchev–Trinajstić information content (AvgIpc) is 2.53. The first-order valence-corrected chi connectivity index (χ1v) is 6.58. The highest BCUT2D eigenvalue weighted by Crippen LogP contribution is 2.22. The molecule has 1 heterocycles. The van der Waals surface area contributed by atoms with Crippen LogP contribution < -0.4 is 5.32 Å². The summed E-state index contributed by atoms with van der Waals surface area (Å²) in [4.78, 5) is 5.77. The first-order valence-electron chi connectivity index (χ1n) is 5.77. The minimum absolute atomic E-state index is 0.207. The molecule has 1 aromatic rings. The van der Waals surface area contributed by atoms with Gasteiger partial charge in [0.1, 0.15) is 0 Å². The van der Waals surface area contributed by atoms with Crippen molar-refractivity contribution in [2.24, 2.45) is 5.92 Å². The molecule has 0 aliphatic rings. The first-order chi connectivity index (χ1) is 7.41. The molecule has 2 N–H and O–H groups in total. The lowest BCUT2D eigenvalue weighted by Crippen LogP contribution is -2.32. The first kappa shape index (κ1) is 13.6. The molecule has 0 radical (unpaired) electrons. The van der Waals surface area contributed by atoms with E-state index in [1.807, 2.05) is 20.8 Å². The fourth-order valence-corrected chi connectivity index (χ4v) is 2.49. The maximum absolute atomic E-state index is 9.72. The molecule has 3 nitrogen and oxygen atoms in total. The number of rotatable bonds is 5. The zero-order valence-electron chi connectivity index (χ0n) is 10.7. The van der Waals surface area contributed by atoms with Crippen molar-refractivity contribution in [3.63, 3.8) is 0 Å². The molecule has 0 saturated carbocycles. The number of nitrogens with zero attached hydrogens (tertiary/aromatic N) is 1. The van der Waals surface area contributed by atoms with Crippen molar-refractivity contribution in [3.8, 4) is 0 Å². The zero-order valence-corrected chi connectivity index (χ0v) is 11.6. The summed E-state index contributed by atoms with van der Waals surface area (Å²) in [5.74, 6) is 0.290. The van der Waals surface area contributed by atoms with E-state index < -0.39 is 0 Å². The van der Waals surface area contributed by atoms with Crippen LogP contribution in [-0.2, 0) is 0 Å². The largest absolute Gasteiger partial charge is 0.392 e. The van der Waals surface area contributed by atoms with E-state index in [0.29, 0.717) is 6.54 Å². The van der Waals surface area contributed by atoms with E-state index in [0.717, 1.165) is 10.7 Å². The molecule has 0 fully saturated rings. The fourth-order valence-electron chi connectivity index (χ4n) is 1.58. The monoisotopic (exact) mass is 242 g/mol. The van der Waals surface area contributed by atoms with Crippen LogP contribution in [-0.4, -0.2) is 22.7 Å². The third-order valence-corrected chi connectivity index (χ3v) is 3.65. The standard InChI is InChI=1S/C12H22N2OS/c1-7(2)11(15)6-13-8(3)12-9(4)16-10(5)14-12/h7-8,11,13,15H,6H2,1-5H3. The van der Waals surface area contributed by atoms with Crippen molar-refractivity contribution in [1.82, 2.24) is 10.3 Å². The SMILES string of the molecule is Cc1nc(C(C)NCC(O)C(C)C)c(C)s1. The van der Waals surface area contributed by atoms with Crippen LogP contribution in [0.25, 0.3) is 0 Å². The summed E-state index contributed by atoms with van der Waals surface area (Å²) in [7, 11) is 0. The van der Waals surface area contributed by atoms with E-state index >= 15 is 0 Å². The molecule has 2 unspecified atom stereocenters. The predicted molar refractivity (Wildman–Crippen MR) is 68.9 cm³/mol. The molecule has 0 saturated heterocycles. The summed E-state index contributed by atoms with van der Waals surface area (Å²) in [5, 5.41) is 14.1. The lowest BCUT2D eigenvalue weighted by molar-refractivity contribution is 0.120. The van der Waals surface area contributed by atoms with E-state index in [9.17, 15) is 5.11 Å². The van der Waals surface area contributed by atoms with Gasteiger partial charge in [-0.25, -0.2) is 4.98 Å². The molecule has 1 aromatic heterocycles. The summed E-state index contributed by atoms with van der Waals surface area (Å²) < 4.78 is 0. The Hall–Kier alpha value is -0.450. The molecule has 0 spiro atoms. The van der Waals surface area contributed by atoms with Gasteiger partial charge in [0.25, 0.3) is 0 Å². The van der Waals surface area contributed by atoms with E-state index in [-0.39, 0.29) is 18.1 Å². The van der Waals surface area contributed by atoms with Crippen molar-refractivity contribution >= 4 is 11.3 Å². The molecule has 1 rings (SSSR count). The number of thiazole rings is 1. The second-order valence-corrected chi connectivity index (χ2v) is 6.02. The Labute approximate surface area is 102 Å². The molecular weight excluding hydrogens is 220 g/mol. The summed E-state index contributed by atoms with van der Waals surface area (Å²) >= 11 is 1.72. The van der Waals surface area contributed by atoms with E-state index in [2.05, 4.69) is 24.1 Å². The number of aryl methyl sites for hydroxylation is 2. The van der Waals surface area contributed by atoms with Gasteiger partial charge in [-0.3, -0.25) is 0 Å². The van der Waals surface area contributed by atoms with Gasteiger partial charge in [0.05, 0.1) is 16.8 Å². The summed E-state index contributed by atoms with van der Waals surface area (Å²) in [6, 6.07) is 0.207. The van der Waals surface area contributed by atoms with E-state index in [1.165, 1.54) is 4.88 Å². The number of aromatic nitrogens is 1. The Bertz CT molecular complexity index is 336. The van der Waals surface area contributed by atoms with Gasteiger partial charge in [-0.15, -0.1) is 11.3 Å². The average molecular weight is 242 g/mol. The fraction of sp³-hybridized carbons (Fsp3) is 0.750. The second-order valence-electron chi connectivity index (χ2n) is 4.62. The lowest BCUT2D eigenvalue weighted by atomic mass is 10.1. The molecule has 0 amide bonds. The number of aliphatic hydroxyl groups is 1. The molecule has 0 aliphatic heterocycles. The Morgan fingerprint density at radius 3 is 2.38 bits per heavy atom. The molecule has 16 heavy (non-hydrogen) atoms. The number of hydrogen-bond donors (Lipinski definition) is 2. The predicted octanol–water partition coefficient (Wildman–Crippen LogP) is 2.43. The highest BCUT2D eigenvalue weighted by molar-refractivity contribution is 7.11. The maximum Gasteiger partial charge on any atom is 0.0900 e. The lowest BCUT2D eigenvalue weighted by Gasteiger charge is -2.18. The van der Waals surface area contributed by atoms with Crippen LogP contribution in [0.4, 0.5) is 0 Å². The second kappa shape index (κ2) is 5.75. The molecule has 0 aliphatic carbocycles. The van der Waals surface area contributed by atoms with Gasteiger partial charge in [0, 0.05) is 17.5 Å². The minimum atomic E-state index is -0.289. The topological polar surface area (TPSA) is 45.2 Å². The Morgan fingerprint density at radius 1 is 1.31 bits per heavy atom. The van der Waals surface area contributed by atoms with Crippen LogP contribution in [0.2, 0.25) is 0 Å². The molecule has 92 valence electrons. The van der Waals surface area contributed by atoms with Crippen LogP contribution >= 0.6 is 11.3 Å². The van der Waals surface area contributed by atoms with Crippen molar-refractivity contribution in [3.05, 3.63) is 15.6 Å². The smallest absolute Gasteiger partial charge is 0.0900 e. The molecule has 0 bridgehead atoms. The molecule has 2 atom stereocenters. The van der Waals surface area contributed by atoms with Gasteiger partial charge in [-0.2, -0.15) is 0 Å². The van der Waals surface area contributed by atoms with Crippen LogP contribution in [0.5, 0.6) is 0 Å². The van der Waals surface area contributed by atoms with Gasteiger partial charge >= 0.3 is 0 Å². The Balaban J connectivity index is 2.53. The Morgan fingerprint density at radius 2 is 1.94 bits per heavy atom. The molecule has 4 heteroatoms. The normalized spacial score (nSPS) is 15.4. The summed E-state index contributed by atoms with van der Waals surface area (Å²) in [6.45, 7) is 10.9. The minimum Gasteiger partial charge on any atom is -0.392 e. The quantitative estimate of drug-likeness (QED) is 0.833. The summed E-state index contributed by atoms with van der Waals surface area (Å²) in [5.41, 5.74) is 1.11. The third-order valence-electron chi connectivity index (χ3n) is 2.75. The highest BCUT2D eigenvalue weighted by Gasteiger charge is 2.15. The van der Waals surface area contributed by atoms with Crippen molar-refractivity contribution in [1.29, 1.82) is 0 Å². The number of nitrogens with one attached hydrogen (secondary N) is 1. The van der Waals surface area contributed by atoms with Gasteiger partial charge < -0.3 is 10.4 Å². The van der Waals surface area contributed by atoms with Crippen LogP contribution in [0, 0.1) is 19.8 Å². The van der Waals surface area contributed by atoms with Gasteiger partial charge in [-0.1, -0.05) is 13.8 Å². The van der Waals surface area contributed by atoms with Gasteiger partial charge in [-0.05, 0) is 26.7 Å². The highest BCUT2D eigenvalue weighted by atomic mass is 32.1. The number of aliphatic hydroxyl groups excluding tert-OH is 1. The van der Waals surface area contributed by atoms with E-state index in [4.69, 9.17) is 0 Å². The van der Waals surface area contributed by atoms with Crippen molar-refractivity contribution < 1.29 is 5.11 Å². The van der Waals surface area contributed by atoms with Gasteiger partial charge in [0.2, 0.25) is 0 Å². The van der Waals surface area contributed by atoms with Gasteiger partial charge in [0.15, 0.2) is 0 Å². The number of hydrogen-bond acceptors (Lipinski definition) is 4. The van der Waals surface area contributed by atoms with Crippen molar-refractivity contribution in [2.45, 2.75) is 46.8 Å². The summed E-state index contributed by atoms with van der Waals surface area (Å²) in [6.07, 6.45) is -0.289. The van der Waals surface area contributed by atoms with Crippen LogP contribution in [0.3, 0.4) is 0 Å². The third kappa shape index (κ3) is 3.54.